The molecule has 2 aliphatic heterocycles. The Morgan fingerprint density at radius 3 is 2.66 bits per heavy atom. The largest absolute Gasteiger partial charge is 0.427 e. The van der Waals surface area contributed by atoms with E-state index >= 15 is 0 Å². The van der Waals surface area contributed by atoms with Crippen LogP contribution in [-0.4, -0.2) is 70.4 Å². The number of β-lactam (4-membered cyclic amide) rings is 1. The fourth-order valence-electron chi connectivity index (χ4n) is 3.11. The van der Waals surface area contributed by atoms with Gasteiger partial charge in [0.1, 0.15) is 29.9 Å². The number of thiazole rings is 1. The Hall–Kier alpha value is -3.39. The number of nitrogens with two attached hydrogens (primary N) is 1. The number of aromatic nitrogens is 1. The molecule has 0 bridgehead atoms. The van der Waals surface area contributed by atoms with Crippen molar-refractivity contribution in [3.05, 3.63) is 35.0 Å². The predicted molar refractivity (Wildman–Crippen MR) is 129 cm³/mol. The van der Waals surface area contributed by atoms with Crippen LogP contribution in [-0.2, 0) is 33.5 Å². The van der Waals surface area contributed by atoms with Crippen LogP contribution in [0.5, 0.6) is 0 Å². The zero-order valence-corrected chi connectivity index (χ0v) is 21.2. The number of carbonyl (C=O) groups excluding carboxylic acids is 4. The molecular weight excluding hydrogens is 498 g/mol. The summed E-state index contributed by atoms with van der Waals surface area (Å²) in [5, 5.41) is 7.53. The summed E-state index contributed by atoms with van der Waals surface area (Å²) >= 11 is 2.46. The second-order valence-corrected chi connectivity index (χ2v) is 10.4. The SMILES string of the molecule is C=CC1=C(C(=O)OCOC(=O)C(C)(C)C)N2C(=O)C(NC(=O)/C(=N\OC)c3csc(N)n3)[C@H]2SC1. The lowest BCUT2D eigenvalue weighted by atomic mass is 9.98. The fourth-order valence-corrected chi connectivity index (χ4v) is 5.00. The normalized spacial score (nSPS) is 19.9. The fraction of sp³-hybridized carbons (Fsp3) is 0.429. The number of hydrogen-bond acceptors (Lipinski definition) is 12. The highest BCUT2D eigenvalue weighted by Gasteiger charge is 2.54. The number of hydrogen-bond donors (Lipinski definition) is 2. The van der Waals surface area contributed by atoms with Crippen molar-refractivity contribution in [1.82, 2.24) is 15.2 Å². The topological polar surface area (TPSA) is 163 Å². The van der Waals surface area contributed by atoms with Gasteiger partial charge in [0, 0.05) is 11.1 Å². The van der Waals surface area contributed by atoms with Crippen LogP contribution in [0.2, 0.25) is 0 Å². The molecule has 3 N–H and O–H groups in total. The van der Waals surface area contributed by atoms with Crippen molar-refractivity contribution >= 4 is 57.7 Å². The van der Waals surface area contributed by atoms with Crippen LogP contribution in [0.25, 0.3) is 0 Å². The first-order chi connectivity index (χ1) is 16.5. The molecule has 35 heavy (non-hydrogen) atoms. The van der Waals surface area contributed by atoms with Crippen molar-refractivity contribution in [2.24, 2.45) is 10.6 Å². The minimum absolute atomic E-state index is 0.0101. The standard InChI is InChI=1S/C21H25N5O7S2/c1-6-10-7-34-17-13(24-15(27)12(25-31-5)11-8-35-20(22)23-11)16(28)26(17)14(10)18(29)32-9-33-19(30)21(2,3)4/h6,8,13,17H,1,7,9H2,2-5H3,(H2,22,23)(H,24,27)/b25-12-/t13?,17-/m1/s1. The number of nitrogens with one attached hydrogen (secondary N) is 1. The number of nitrogens with zero attached hydrogens (tertiary/aromatic N) is 3. The van der Waals surface area contributed by atoms with Gasteiger partial charge >= 0.3 is 11.9 Å². The molecule has 1 aromatic heterocycles. The Morgan fingerprint density at radius 2 is 2.09 bits per heavy atom. The van der Waals surface area contributed by atoms with E-state index in [1.54, 1.807) is 20.8 Å². The van der Waals surface area contributed by atoms with Crippen molar-refractivity contribution in [3.63, 3.8) is 0 Å². The molecule has 0 spiro atoms. The van der Waals surface area contributed by atoms with Crippen LogP contribution < -0.4 is 11.1 Å². The molecule has 1 aromatic rings. The van der Waals surface area contributed by atoms with Crippen molar-refractivity contribution in [3.8, 4) is 0 Å². The molecule has 12 nitrogen and oxygen atoms in total. The van der Waals surface area contributed by atoms with Gasteiger partial charge in [-0.3, -0.25) is 19.3 Å². The summed E-state index contributed by atoms with van der Waals surface area (Å²) in [4.78, 5) is 60.5. The van der Waals surface area contributed by atoms with Gasteiger partial charge in [-0.1, -0.05) is 17.8 Å². The number of nitrogen functional groups attached to an aromatic ring is 1. The average molecular weight is 524 g/mol. The van der Waals surface area contributed by atoms with E-state index in [9.17, 15) is 19.2 Å². The minimum atomic E-state index is -0.932. The van der Waals surface area contributed by atoms with E-state index < -0.39 is 47.4 Å². The summed E-state index contributed by atoms with van der Waals surface area (Å²) in [6, 6.07) is -0.932. The number of ether oxygens (including phenoxy) is 2. The van der Waals surface area contributed by atoms with Crippen molar-refractivity contribution in [2.45, 2.75) is 32.2 Å². The highest BCUT2D eigenvalue weighted by Crippen LogP contribution is 2.41. The quantitative estimate of drug-likeness (QED) is 0.165. The maximum atomic E-state index is 13.0. The van der Waals surface area contributed by atoms with Gasteiger partial charge in [0.15, 0.2) is 10.8 Å². The zero-order chi connectivity index (χ0) is 25.9. The van der Waals surface area contributed by atoms with Gasteiger partial charge in [-0.15, -0.1) is 23.1 Å². The zero-order valence-electron chi connectivity index (χ0n) is 19.5. The summed E-state index contributed by atoms with van der Waals surface area (Å²) in [5.41, 5.74) is 5.40. The first-order valence-corrected chi connectivity index (χ1v) is 12.2. The van der Waals surface area contributed by atoms with Crippen LogP contribution >= 0.6 is 23.1 Å². The number of oxime groups is 1. The van der Waals surface area contributed by atoms with Gasteiger partial charge in [-0.05, 0) is 26.3 Å². The smallest absolute Gasteiger partial charge is 0.358 e. The lowest BCUT2D eigenvalue weighted by Crippen LogP contribution is -2.71. The maximum Gasteiger partial charge on any atom is 0.358 e. The predicted octanol–water partition coefficient (Wildman–Crippen LogP) is 1.01. The molecule has 0 saturated carbocycles. The summed E-state index contributed by atoms with van der Waals surface area (Å²) in [6.07, 6.45) is 1.45. The number of thioether (sulfide) groups is 1. The Morgan fingerprint density at radius 1 is 1.37 bits per heavy atom. The van der Waals surface area contributed by atoms with E-state index in [2.05, 4.69) is 22.0 Å². The highest BCUT2D eigenvalue weighted by molar-refractivity contribution is 8.00. The van der Waals surface area contributed by atoms with Crippen LogP contribution in [0.15, 0.2) is 34.5 Å². The number of esters is 2. The first kappa shape index (κ1) is 26.2. The van der Waals surface area contributed by atoms with Crippen LogP contribution in [0, 0.1) is 5.41 Å². The third-order valence-electron chi connectivity index (χ3n) is 4.88. The van der Waals surface area contributed by atoms with E-state index in [1.165, 1.54) is 35.2 Å². The lowest BCUT2D eigenvalue weighted by molar-refractivity contribution is -0.173. The second-order valence-electron chi connectivity index (χ2n) is 8.36. The third kappa shape index (κ3) is 5.48. The number of anilines is 1. The van der Waals surface area contributed by atoms with Crippen LogP contribution in [0.4, 0.5) is 5.13 Å². The Labute approximate surface area is 209 Å². The molecule has 2 amide bonds. The van der Waals surface area contributed by atoms with Crippen molar-refractivity contribution in [2.75, 3.05) is 25.4 Å². The molecule has 3 rings (SSSR count). The molecule has 1 fully saturated rings. The summed E-state index contributed by atoms with van der Waals surface area (Å²) in [5.74, 6) is -2.25. The molecule has 0 aliphatic carbocycles. The van der Waals surface area contributed by atoms with E-state index in [4.69, 9.17) is 20.0 Å². The molecule has 2 aliphatic rings. The monoisotopic (exact) mass is 523 g/mol. The van der Waals surface area contributed by atoms with Gasteiger partial charge in [0.25, 0.3) is 11.8 Å². The molecule has 1 unspecified atom stereocenters. The average Bonchev–Trinajstić information content (AvgIpc) is 3.24. The van der Waals surface area contributed by atoms with Crippen LogP contribution in [0.1, 0.15) is 26.5 Å². The van der Waals surface area contributed by atoms with E-state index in [1.807, 2.05) is 0 Å². The number of rotatable bonds is 8. The van der Waals surface area contributed by atoms with Gasteiger partial charge in [-0.2, -0.15) is 0 Å². The molecule has 188 valence electrons. The van der Waals surface area contributed by atoms with Crippen molar-refractivity contribution < 1.29 is 33.5 Å². The molecule has 3 heterocycles. The number of carbonyl (C=O) groups is 4. The summed E-state index contributed by atoms with van der Waals surface area (Å²) in [6.45, 7) is 8.09. The van der Waals surface area contributed by atoms with Gasteiger partial charge < -0.3 is 25.4 Å². The van der Waals surface area contributed by atoms with E-state index in [0.717, 1.165) is 11.3 Å². The molecule has 1 saturated heterocycles. The maximum absolute atomic E-state index is 13.0. The second kappa shape index (κ2) is 10.5. The lowest BCUT2D eigenvalue weighted by Gasteiger charge is -2.49. The Balaban J connectivity index is 1.71. The van der Waals surface area contributed by atoms with Gasteiger partial charge in [0.05, 0.1) is 5.41 Å². The van der Waals surface area contributed by atoms with Crippen molar-refractivity contribution in [1.29, 1.82) is 0 Å². The Bertz CT molecular complexity index is 1120. The van der Waals surface area contributed by atoms with Gasteiger partial charge in [0.2, 0.25) is 6.79 Å². The van der Waals surface area contributed by atoms with Crippen LogP contribution in [0.3, 0.4) is 0 Å². The molecule has 0 radical (unpaired) electrons. The van der Waals surface area contributed by atoms with E-state index in [-0.39, 0.29) is 22.2 Å². The molecule has 14 heteroatoms. The summed E-state index contributed by atoms with van der Waals surface area (Å²) in [7, 11) is 1.27. The minimum Gasteiger partial charge on any atom is -0.427 e. The number of fused-ring (bicyclic) bond motifs is 1. The molecule has 0 aromatic carbocycles. The third-order valence-corrected chi connectivity index (χ3v) is 6.85. The molecule has 2 atom stereocenters. The molecular formula is C21H25N5O7S2. The Kier molecular flexibility index (Phi) is 7.85. The first-order valence-electron chi connectivity index (χ1n) is 10.3. The summed E-state index contributed by atoms with van der Waals surface area (Å²) < 4.78 is 10.1. The number of allylic oxidation sites excluding steroid dienone is 1. The number of amides is 2. The van der Waals surface area contributed by atoms with Gasteiger partial charge in [-0.25, -0.2) is 9.78 Å². The highest BCUT2D eigenvalue weighted by atomic mass is 32.2. The van der Waals surface area contributed by atoms with E-state index in [0.29, 0.717) is 11.3 Å².